The molecule has 0 bridgehead atoms. The third-order valence-corrected chi connectivity index (χ3v) is 2.07. The molecule has 2 nitrogen and oxygen atoms in total. The second-order valence-corrected chi connectivity index (χ2v) is 2.92. The average Bonchev–Trinajstić information content (AvgIpc) is 2.52. The molecule has 0 spiro atoms. The number of rotatable bonds is 1. The van der Waals surface area contributed by atoms with E-state index in [2.05, 4.69) is 11.1 Å². The SMILES string of the molecule is Cc1cc(C=O)nc2c1=CCC=2. The Kier molecular flexibility index (Phi) is 1.54. The third kappa shape index (κ3) is 0.961. The van der Waals surface area contributed by atoms with Crippen LogP contribution in [0.4, 0.5) is 0 Å². The summed E-state index contributed by atoms with van der Waals surface area (Å²) in [5, 5.41) is 2.14. The fourth-order valence-corrected chi connectivity index (χ4v) is 1.50. The van der Waals surface area contributed by atoms with Crippen molar-refractivity contribution in [3.63, 3.8) is 0 Å². The summed E-state index contributed by atoms with van der Waals surface area (Å²) in [7, 11) is 0. The second kappa shape index (κ2) is 2.55. The van der Waals surface area contributed by atoms with Gasteiger partial charge in [-0.2, -0.15) is 0 Å². The molecule has 0 saturated carbocycles. The monoisotopic (exact) mass is 159 g/mol. The van der Waals surface area contributed by atoms with Crippen LogP contribution in [0.1, 0.15) is 22.5 Å². The first kappa shape index (κ1) is 7.22. The van der Waals surface area contributed by atoms with E-state index in [4.69, 9.17) is 0 Å². The standard InChI is InChI=1S/C10H9NO/c1-7-5-8(6-12)11-10-4-2-3-9(7)10/h3-6H,2H2,1H3. The van der Waals surface area contributed by atoms with Crippen LogP contribution in [0.3, 0.4) is 0 Å². The van der Waals surface area contributed by atoms with Crippen LogP contribution >= 0.6 is 0 Å². The minimum absolute atomic E-state index is 0.526. The number of aryl methyl sites for hydroxylation is 1. The van der Waals surface area contributed by atoms with Gasteiger partial charge in [-0.3, -0.25) is 4.79 Å². The summed E-state index contributed by atoms with van der Waals surface area (Å²) >= 11 is 0. The Morgan fingerprint density at radius 2 is 2.33 bits per heavy atom. The van der Waals surface area contributed by atoms with Crippen LogP contribution in [0.25, 0.3) is 12.2 Å². The van der Waals surface area contributed by atoms with Crippen molar-refractivity contribution in [1.82, 2.24) is 4.98 Å². The van der Waals surface area contributed by atoms with E-state index in [1.165, 1.54) is 5.22 Å². The van der Waals surface area contributed by atoms with Crippen LogP contribution in [0.2, 0.25) is 0 Å². The number of aldehydes is 1. The molecule has 2 rings (SSSR count). The lowest BCUT2D eigenvalue weighted by molar-refractivity contribution is 0.111. The fourth-order valence-electron chi connectivity index (χ4n) is 1.50. The zero-order valence-corrected chi connectivity index (χ0v) is 6.87. The number of hydrogen-bond donors (Lipinski definition) is 0. The maximum absolute atomic E-state index is 10.5. The Bertz CT molecular complexity index is 446. The van der Waals surface area contributed by atoms with E-state index in [1.807, 2.05) is 19.1 Å². The largest absolute Gasteiger partial charge is 0.296 e. The van der Waals surface area contributed by atoms with Crippen LogP contribution in [-0.4, -0.2) is 11.3 Å². The van der Waals surface area contributed by atoms with E-state index < -0.39 is 0 Å². The van der Waals surface area contributed by atoms with Gasteiger partial charge in [0.25, 0.3) is 0 Å². The average molecular weight is 159 g/mol. The van der Waals surface area contributed by atoms with Gasteiger partial charge < -0.3 is 0 Å². The summed E-state index contributed by atoms with van der Waals surface area (Å²) in [4.78, 5) is 14.6. The Hall–Kier alpha value is -1.44. The van der Waals surface area contributed by atoms with Gasteiger partial charge in [-0.15, -0.1) is 0 Å². The Balaban J connectivity index is 2.85. The van der Waals surface area contributed by atoms with Crippen molar-refractivity contribution in [2.75, 3.05) is 0 Å². The van der Waals surface area contributed by atoms with Gasteiger partial charge >= 0.3 is 0 Å². The maximum Gasteiger partial charge on any atom is 0.168 e. The molecule has 1 aromatic heterocycles. The first-order valence-electron chi connectivity index (χ1n) is 3.94. The highest BCUT2D eigenvalue weighted by molar-refractivity contribution is 5.72. The molecule has 0 aromatic carbocycles. The number of hydrogen-bond acceptors (Lipinski definition) is 2. The lowest BCUT2D eigenvalue weighted by Gasteiger charge is -1.94. The van der Waals surface area contributed by atoms with E-state index in [0.29, 0.717) is 5.69 Å². The van der Waals surface area contributed by atoms with Crippen molar-refractivity contribution in [1.29, 1.82) is 0 Å². The molecule has 1 aliphatic carbocycles. The molecular formula is C10H9NO. The fraction of sp³-hybridized carbons (Fsp3) is 0.200. The molecule has 1 heterocycles. The van der Waals surface area contributed by atoms with Gasteiger partial charge in [-0.25, -0.2) is 4.98 Å². The first-order chi connectivity index (χ1) is 5.81. The van der Waals surface area contributed by atoms with Gasteiger partial charge in [-0.05, 0) is 30.2 Å². The lowest BCUT2D eigenvalue weighted by Crippen LogP contribution is -2.28. The molecule has 2 heteroatoms. The predicted molar refractivity (Wildman–Crippen MR) is 47.2 cm³/mol. The molecule has 0 unspecified atom stereocenters. The second-order valence-electron chi connectivity index (χ2n) is 2.92. The minimum Gasteiger partial charge on any atom is -0.296 e. The summed E-state index contributed by atoms with van der Waals surface area (Å²) in [6, 6.07) is 1.82. The Morgan fingerprint density at radius 3 is 3.08 bits per heavy atom. The summed E-state index contributed by atoms with van der Waals surface area (Å²) in [5.41, 5.74) is 1.66. The molecule has 0 saturated heterocycles. The first-order valence-corrected chi connectivity index (χ1v) is 3.94. The molecule has 0 radical (unpaired) electrons. The molecule has 0 N–H and O–H groups in total. The predicted octanol–water partition coefficient (Wildman–Crippen LogP) is 0.167. The number of carbonyl (C=O) groups excluding carboxylic acids is 1. The van der Waals surface area contributed by atoms with Gasteiger partial charge in [-0.1, -0.05) is 12.2 Å². The lowest BCUT2D eigenvalue weighted by atomic mass is 10.2. The minimum atomic E-state index is 0.526. The molecule has 60 valence electrons. The maximum atomic E-state index is 10.5. The molecule has 1 aliphatic rings. The number of nitrogens with zero attached hydrogens (tertiary/aromatic N) is 1. The van der Waals surface area contributed by atoms with Gasteiger partial charge in [0.15, 0.2) is 6.29 Å². The van der Waals surface area contributed by atoms with Crippen LogP contribution in [-0.2, 0) is 0 Å². The Morgan fingerprint density at radius 1 is 1.50 bits per heavy atom. The number of fused-ring (bicyclic) bond motifs is 1. The topological polar surface area (TPSA) is 30.0 Å². The van der Waals surface area contributed by atoms with Crippen molar-refractivity contribution in [3.05, 3.63) is 27.9 Å². The normalized spacial score (nSPS) is 13.1. The molecule has 0 atom stereocenters. The smallest absolute Gasteiger partial charge is 0.168 e. The highest BCUT2D eigenvalue weighted by Crippen LogP contribution is 1.94. The third-order valence-electron chi connectivity index (χ3n) is 2.07. The highest BCUT2D eigenvalue weighted by Gasteiger charge is 2.00. The summed E-state index contributed by atoms with van der Waals surface area (Å²) in [6.45, 7) is 2.00. The number of carbonyl (C=O) groups is 1. The zero-order chi connectivity index (χ0) is 8.55. The van der Waals surface area contributed by atoms with Crippen molar-refractivity contribution in [2.24, 2.45) is 0 Å². The molecule has 0 amide bonds. The van der Waals surface area contributed by atoms with Crippen LogP contribution in [0, 0.1) is 6.92 Å². The van der Waals surface area contributed by atoms with Crippen LogP contribution < -0.4 is 10.6 Å². The van der Waals surface area contributed by atoms with E-state index >= 15 is 0 Å². The molecule has 0 aliphatic heterocycles. The summed E-state index contributed by atoms with van der Waals surface area (Å²) < 4.78 is 0. The Labute approximate surface area is 70.3 Å². The molecule has 1 aromatic rings. The van der Waals surface area contributed by atoms with Gasteiger partial charge in [0.05, 0.1) is 5.35 Å². The van der Waals surface area contributed by atoms with Gasteiger partial charge in [0.1, 0.15) is 5.69 Å². The van der Waals surface area contributed by atoms with Gasteiger partial charge in [0.2, 0.25) is 0 Å². The van der Waals surface area contributed by atoms with E-state index in [1.54, 1.807) is 0 Å². The quantitative estimate of drug-likeness (QED) is 0.547. The number of aromatic nitrogens is 1. The molecule has 0 fully saturated rings. The van der Waals surface area contributed by atoms with E-state index in [0.717, 1.165) is 23.6 Å². The molecule has 12 heavy (non-hydrogen) atoms. The van der Waals surface area contributed by atoms with E-state index in [-0.39, 0.29) is 0 Å². The van der Waals surface area contributed by atoms with Gasteiger partial charge in [0, 0.05) is 0 Å². The van der Waals surface area contributed by atoms with Crippen molar-refractivity contribution >= 4 is 18.4 Å². The van der Waals surface area contributed by atoms with Crippen molar-refractivity contribution in [3.8, 4) is 0 Å². The van der Waals surface area contributed by atoms with E-state index in [9.17, 15) is 4.79 Å². The summed E-state index contributed by atoms with van der Waals surface area (Å²) in [6.07, 6.45) is 5.90. The van der Waals surface area contributed by atoms with Crippen molar-refractivity contribution in [2.45, 2.75) is 13.3 Å². The van der Waals surface area contributed by atoms with Crippen LogP contribution in [0.15, 0.2) is 6.07 Å². The summed E-state index contributed by atoms with van der Waals surface area (Å²) in [5.74, 6) is 0. The molecular weight excluding hydrogens is 150 g/mol. The zero-order valence-electron chi connectivity index (χ0n) is 6.87. The number of pyridine rings is 1. The highest BCUT2D eigenvalue weighted by atomic mass is 16.1. The van der Waals surface area contributed by atoms with Crippen LogP contribution in [0.5, 0.6) is 0 Å². The van der Waals surface area contributed by atoms with Crippen molar-refractivity contribution < 1.29 is 4.79 Å².